The van der Waals surface area contributed by atoms with Crippen molar-refractivity contribution in [2.24, 2.45) is 0 Å². The highest BCUT2D eigenvalue weighted by molar-refractivity contribution is 7.13. The standard InChI is InChI=1S/C27H24FN7OS/c28-22-3-1-2-19(14-22)25(26(36)32-27-30-10-13-37-27)35-17-21-5-4-18(15-23(21)33-35)20-6-7-24(31-16-20)34-11-8-29-9-12-34/h1-7,10,13-17,25,29H,8-9,11-12H2,(H,30,32,36). The van der Waals surface area contributed by atoms with Crippen molar-refractivity contribution in [2.75, 3.05) is 36.4 Å². The summed E-state index contributed by atoms with van der Waals surface area (Å²) in [6, 6.07) is 15.2. The third kappa shape index (κ3) is 4.93. The van der Waals surface area contributed by atoms with Gasteiger partial charge in [0.05, 0.1) is 5.52 Å². The summed E-state index contributed by atoms with van der Waals surface area (Å²) in [5, 5.41) is 14.0. The molecular formula is C27H24FN7OS. The summed E-state index contributed by atoms with van der Waals surface area (Å²) in [7, 11) is 0. The Hall–Kier alpha value is -4.15. The number of aromatic nitrogens is 4. The van der Waals surface area contributed by atoms with Crippen molar-refractivity contribution in [3.8, 4) is 11.1 Å². The number of pyridine rings is 1. The van der Waals surface area contributed by atoms with E-state index in [9.17, 15) is 9.18 Å². The number of amides is 1. The summed E-state index contributed by atoms with van der Waals surface area (Å²) in [5.41, 5.74) is 3.19. The van der Waals surface area contributed by atoms with Gasteiger partial charge in [0.25, 0.3) is 5.91 Å². The van der Waals surface area contributed by atoms with Crippen molar-refractivity contribution in [1.82, 2.24) is 25.1 Å². The molecular weight excluding hydrogens is 489 g/mol. The lowest BCUT2D eigenvalue weighted by Gasteiger charge is -2.28. The van der Waals surface area contributed by atoms with E-state index in [-0.39, 0.29) is 5.91 Å². The Morgan fingerprint density at radius 1 is 1.05 bits per heavy atom. The van der Waals surface area contributed by atoms with E-state index in [4.69, 9.17) is 5.10 Å². The predicted molar refractivity (Wildman–Crippen MR) is 143 cm³/mol. The lowest BCUT2D eigenvalue weighted by molar-refractivity contribution is -0.118. The van der Waals surface area contributed by atoms with Gasteiger partial charge in [0.2, 0.25) is 0 Å². The highest BCUT2D eigenvalue weighted by atomic mass is 32.1. The summed E-state index contributed by atoms with van der Waals surface area (Å²) in [6.07, 6.45) is 5.31. The van der Waals surface area contributed by atoms with Crippen LogP contribution in [-0.4, -0.2) is 51.8 Å². The third-order valence-corrected chi connectivity index (χ3v) is 7.08. The predicted octanol–water partition coefficient (Wildman–Crippen LogP) is 4.33. The molecule has 6 rings (SSSR count). The van der Waals surface area contributed by atoms with E-state index in [1.807, 2.05) is 36.7 Å². The van der Waals surface area contributed by atoms with Gasteiger partial charge < -0.3 is 10.2 Å². The van der Waals surface area contributed by atoms with E-state index in [0.29, 0.717) is 10.7 Å². The van der Waals surface area contributed by atoms with Gasteiger partial charge in [0.15, 0.2) is 11.2 Å². The van der Waals surface area contributed by atoms with Crippen LogP contribution in [0.1, 0.15) is 11.6 Å². The Morgan fingerprint density at radius 2 is 1.92 bits per heavy atom. The maximum Gasteiger partial charge on any atom is 0.255 e. The molecule has 1 fully saturated rings. The molecule has 3 aromatic heterocycles. The zero-order valence-electron chi connectivity index (χ0n) is 19.8. The van der Waals surface area contributed by atoms with E-state index in [1.165, 1.54) is 23.5 Å². The smallest absolute Gasteiger partial charge is 0.255 e. The molecule has 0 radical (unpaired) electrons. The Labute approximate surface area is 216 Å². The van der Waals surface area contributed by atoms with Gasteiger partial charge in [-0.1, -0.05) is 24.3 Å². The average Bonchev–Trinajstić information content (AvgIpc) is 3.59. The van der Waals surface area contributed by atoms with Crippen LogP contribution in [0.3, 0.4) is 0 Å². The number of anilines is 2. The Balaban J connectivity index is 1.32. The Kier molecular flexibility index (Phi) is 6.33. The first-order chi connectivity index (χ1) is 18.1. The summed E-state index contributed by atoms with van der Waals surface area (Å²) in [5.74, 6) is 0.210. The van der Waals surface area contributed by atoms with Crippen molar-refractivity contribution in [1.29, 1.82) is 0 Å². The number of carbonyl (C=O) groups excluding carboxylic acids is 1. The number of nitrogens with one attached hydrogen (secondary N) is 2. The SMILES string of the molecule is O=C(Nc1nccs1)C(c1cccc(F)c1)n1cc2ccc(-c3ccc(N4CCNCC4)nc3)cc2n1. The van der Waals surface area contributed by atoms with Crippen LogP contribution >= 0.6 is 11.3 Å². The zero-order chi connectivity index (χ0) is 25.2. The molecule has 0 bridgehead atoms. The molecule has 1 atom stereocenters. The molecule has 2 N–H and O–H groups in total. The summed E-state index contributed by atoms with van der Waals surface area (Å²) in [4.78, 5) is 24.4. The largest absolute Gasteiger partial charge is 0.354 e. The fraction of sp³-hybridized carbons (Fsp3) is 0.185. The minimum atomic E-state index is -0.865. The molecule has 0 spiro atoms. The van der Waals surface area contributed by atoms with E-state index < -0.39 is 11.9 Å². The topological polar surface area (TPSA) is 88.0 Å². The minimum absolute atomic E-state index is 0.346. The van der Waals surface area contributed by atoms with Gasteiger partial charge in [-0.15, -0.1) is 11.3 Å². The van der Waals surface area contributed by atoms with Crippen LogP contribution in [0.2, 0.25) is 0 Å². The molecule has 37 heavy (non-hydrogen) atoms. The Morgan fingerprint density at radius 3 is 2.68 bits per heavy atom. The van der Waals surface area contributed by atoms with Crippen LogP contribution in [-0.2, 0) is 4.79 Å². The van der Waals surface area contributed by atoms with Gasteiger partial charge in [-0.25, -0.2) is 14.4 Å². The maximum atomic E-state index is 14.1. The number of piperazine rings is 1. The summed E-state index contributed by atoms with van der Waals surface area (Å²) >= 11 is 1.32. The molecule has 1 aliphatic rings. The van der Waals surface area contributed by atoms with Crippen LogP contribution in [0.25, 0.3) is 22.0 Å². The molecule has 186 valence electrons. The third-order valence-electron chi connectivity index (χ3n) is 6.39. The second-order valence-electron chi connectivity index (χ2n) is 8.81. The van der Waals surface area contributed by atoms with E-state index in [0.717, 1.165) is 54.0 Å². The van der Waals surface area contributed by atoms with Crippen LogP contribution in [0.5, 0.6) is 0 Å². The quantitative estimate of drug-likeness (QED) is 0.351. The lowest BCUT2D eigenvalue weighted by atomic mass is 10.1. The number of hydrogen-bond donors (Lipinski definition) is 2. The van der Waals surface area contributed by atoms with Crippen molar-refractivity contribution in [3.63, 3.8) is 0 Å². The first-order valence-electron chi connectivity index (χ1n) is 12.0. The van der Waals surface area contributed by atoms with Crippen LogP contribution in [0, 0.1) is 5.82 Å². The number of nitrogens with zero attached hydrogens (tertiary/aromatic N) is 5. The molecule has 1 saturated heterocycles. The molecule has 0 aliphatic carbocycles. The molecule has 0 saturated carbocycles. The van der Waals surface area contributed by atoms with Gasteiger partial charge in [0, 0.05) is 61.1 Å². The molecule has 4 heterocycles. The van der Waals surface area contributed by atoms with Crippen LogP contribution in [0.15, 0.2) is 78.6 Å². The number of halogens is 1. The maximum absolute atomic E-state index is 14.1. The minimum Gasteiger partial charge on any atom is -0.354 e. The molecule has 5 aromatic rings. The molecule has 1 unspecified atom stereocenters. The van der Waals surface area contributed by atoms with Crippen molar-refractivity contribution in [2.45, 2.75) is 6.04 Å². The van der Waals surface area contributed by atoms with Crippen molar-refractivity contribution >= 4 is 39.1 Å². The lowest BCUT2D eigenvalue weighted by Crippen LogP contribution is -2.43. The van der Waals surface area contributed by atoms with E-state index in [2.05, 4.69) is 31.6 Å². The molecule has 1 aliphatic heterocycles. The van der Waals surface area contributed by atoms with Crippen LogP contribution < -0.4 is 15.5 Å². The van der Waals surface area contributed by atoms with Gasteiger partial charge in [-0.05, 0) is 41.5 Å². The number of carbonyl (C=O) groups is 1. The van der Waals surface area contributed by atoms with E-state index in [1.54, 1.807) is 28.4 Å². The number of rotatable bonds is 6. The Bertz CT molecular complexity index is 1530. The van der Waals surface area contributed by atoms with Crippen molar-refractivity contribution in [3.05, 3.63) is 89.9 Å². The molecule has 8 nitrogen and oxygen atoms in total. The molecule has 1 amide bonds. The second kappa shape index (κ2) is 10.1. The van der Waals surface area contributed by atoms with Crippen molar-refractivity contribution < 1.29 is 9.18 Å². The van der Waals surface area contributed by atoms with Gasteiger partial charge in [0.1, 0.15) is 11.6 Å². The fourth-order valence-electron chi connectivity index (χ4n) is 4.54. The van der Waals surface area contributed by atoms with E-state index >= 15 is 0 Å². The average molecular weight is 514 g/mol. The second-order valence-corrected chi connectivity index (χ2v) is 9.70. The monoisotopic (exact) mass is 513 g/mol. The van der Waals surface area contributed by atoms with Gasteiger partial charge >= 0.3 is 0 Å². The summed E-state index contributed by atoms with van der Waals surface area (Å²) in [6.45, 7) is 3.80. The normalized spacial score (nSPS) is 14.6. The number of thiazole rings is 1. The zero-order valence-corrected chi connectivity index (χ0v) is 20.7. The fourth-order valence-corrected chi connectivity index (χ4v) is 5.08. The van der Waals surface area contributed by atoms with Crippen LogP contribution in [0.4, 0.5) is 15.3 Å². The van der Waals surface area contributed by atoms with Gasteiger partial charge in [-0.3, -0.25) is 14.8 Å². The molecule has 10 heteroatoms. The number of hydrogen-bond acceptors (Lipinski definition) is 7. The molecule has 2 aromatic carbocycles. The number of benzene rings is 2. The summed E-state index contributed by atoms with van der Waals surface area (Å²) < 4.78 is 15.7. The first-order valence-corrected chi connectivity index (χ1v) is 12.9. The highest BCUT2D eigenvalue weighted by Gasteiger charge is 2.25. The highest BCUT2D eigenvalue weighted by Crippen LogP contribution is 2.28. The first kappa shape index (κ1) is 23.3. The van der Waals surface area contributed by atoms with Gasteiger partial charge in [-0.2, -0.15) is 5.10 Å². The number of fused-ring (bicyclic) bond motifs is 1.